The van der Waals surface area contributed by atoms with Gasteiger partial charge in [0.15, 0.2) is 0 Å². The van der Waals surface area contributed by atoms with E-state index in [1.165, 1.54) is 9.75 Å². The van der Waals surface area contributed by atoms with E-state index in [-0.39, 0.29) is 0 Å². The number of thiophene rings is 1. The zero-order chi connectivity index (χ0) is 10.8. The molecule has 2 aromatic heterocycles. The minimum atomic E-state index is 0.501. The summed E-state index contributed by atoms with van der Waals surface area (Å²) in [6.07, 6.45) is 0.603. The Balaban J connectivity index is 2.34. The van der Waals surface area contributed by atoms with Crippen molar-refractivity contribution in [2.75, 3.05) is 0 Å². The van der Waals surface area contributed by atoms with Gasteiger partial charge in [-0.1, -0.05) is 18.3 Å². The number of thiocarbonyl (C=S) groups is 1. The fourth-order valence-corrected chi connectivity index (χ4v) is 3.35. The number of aryl methyl sites for hydroxylation is 1. The molecule has 15 heavy (non-hydrogen) atoms. The molecule has 0 fully saturated rings. The topological polar surface area (TPSA) is 38.9 Å². The van der Waals surface area contributed by atoms with Crippen LogP contribution in [0.1, 0.15) is 9.88 Å². The minimum Gasteiger partial charge on any atom is -0.393 e. The van der Waals surface area contributed by atoms with Crippen LogP contribution in [-0.2, 0) is 6.42 Å². The monoisotopic (exact) mass is 254 g/mol. The van der Waals surface area contributed by atoms with E-state index in [0.29, 0.717) is 11.4 Å². The molecule has 0 atom stereocenters. The number of nitrogens with zero attached hydrogens (tertiary/aromatic N) is 1. The Morgan fingerprint density at radius 2 is 2.40 bits per heavy atom. The lowest BCUT2D eigenvalue weighted by Gasteiger charge is -1.91. The normalized spacial score (nSPS) is 10.5. The second-order valence-electron chi connectivity index (χ2n) is 3.13. The maximum absolute atomic E-state index is 5.50. The summed E-state index contributed by atoms with van der Waals surface area (Å²) in [7, 11) is 0. The van der Waals surface area contributed by atoms with Gasteiger partial charge in [-0.05, 0) is 18.4 Å². The van der Waals surface area contributed by atoms with E-state index < -0.39 is 0 Å². The number of thiazole rings is 1. The summed E-state index contributed by atoms with van der Waals surface area (Å²) in [5, 5.41) is 3.06. The molecule has 0 radical (unpaired) electrons. The third kappa shape index (κ3) is 2.42. The summed E-state index contributed by atoms with van der Waals surface area (Å²) in [5.41, 5.74) is 6.57. The van der Waals surface area contributed by atoms with Gasteiger partial charge < -0.3 is 5.73 Å². The molecule has 0 saturated carbocycles. The van der Waals surface area contributed by atoms with Crippen molar-refractivity contribution in [3.05, 3.63) is 27.4 Å². The predicted octanol–water partition coefficient (Wildman–Crippen LogP) is 3.01. The van der Waals surface area contributed by atoms with Gasteiger partial charge in [-0.3, -0.25) is 0 Å². The van der Waals surface area contributed by atoms with E-state index in [1.807, 2.05) is 6.07 Å². The number of rotatable bonds is 3. The first-order valence-corrected chi connectivity index (χ1v) is 6.55. The molecule has 78 valence electrons. The smallest absolute Gasteiger partial charge is 0.100 e. The standard InChI is InChI=1S/C10H10N2S3/c1-6-10(7-3-2-4-14-7)12-9(15-6)5-8(11)13/h2-4H,5H2,1H3,(H2,11,13). The number of hydrogen-bond donors (Lipinski definition) is 1. The Labute approximate surface area is 102 Å². The van der Waals surface area contributed by atoms with Crippen LogP contribution in [0.25, 0.3) is 10.6 Å². The summed E-state index contributed by atoms with van der Waals surface area (Å²) in [5.74, 6) is 0. The molecular weight excluding hydrogens is 244 g/mol. The fraction of sp³-hybridized carbons (Fsp3) is 0.200. The quantitative estimate of drug-likeness (QED) is 0.856. The highest BCUT2D eigenvalue weighted by molar-refractivity contribution is 7.80. The van der Waals surface area contributed by atoms with Crippen molar-refractivity contribution in [3.63, 3.8) is 0 Å². The number of hydrogen-bond acceptors (Lipinski definition) is 4. The molecule has 0 spiro atoms. The minimum absolute atomic E-state index is 0.501. The third-order valence-electron chi connectivity index (χ3n) is 1.92. The van der Waals surface area contributed by atoms with Crippen LogP contribution in [0, 0.1) is 6.92 Å². The summed E-state index contributed by atoms with van der Waals surface area (Å²) in [4.78, 5) is 7.49. The number of aromatic nitrogens is 1. The maximum Gasteiger partial charge on any atom is 0.100 e. The highest BCUT2D eigenvalue weighted by Gasteiger charge is 2.10. The van der Waals surface area contributed by atoms with E-state index in [0.717, 1.165) is 10.7 Å². The van der Waals surface area contributed by atoms with Crippen LogP contribution in [0.15, 0.2) is 17.5 Å². The van der Waals surface area contributed by atoms with Gasteiger partial charge in [0.05, 0.1) is 15.6 Å². The first-order valence-electron chi connectivity index (χ1n) is 4.45. The summed E-state index contributed by atoms with van der Waals surface area (Å²) in [6, 6.07) is 4.11. The van der Waals surface area contributed by atoms with Crippen LogP contribution in [0.3, 0.4) is 0 Å². The second-order valence-corrected chi connectivity index (χ2v) is 5.89. The fourth-order valence-electron chi connectivity index (χ4n) is 1.32. The van der Waals surface area contributed by atoms with Crippen molar-refractivity contribution in [2.45, 2.75) is 13.3 Å². The molecule has 0 aromatic carbocycles. The zero-order valence-corrected chi connectivity index (χ0v) is 10.6. The van der Waals surface area contributed by atoms with Gasteiger partial charge in [0.25, 0.3) is 0 Å². The van der Waals surface area contributed by atoms with Gasteiger partial charge in [0, 0.05) is 11.3 Å². The van der Waals surface area contributed by atoms with Gasteiger partial charge in [-0.2, -0.15) is 0 Å². The SMILES string of the molecule is Cc1sc(CC(N)=S)nc1-c1cccs1. The van der Waals surface area contributed by atoms with Crippen molar-refractivity contribution >= 4 is 39.9 Å². The van der Waals surface area contributed by atoms with Crippen molar-refractivity contribution < 1.29 is 0 Å². The number of nitrogens with two attached hydrogens (primary N) is 1. The molecule has 0 saturated heterocycles. The molecule has 2 aromatic rings. The van der Waals surface area contributed by atoms with Crippen LogP contribution >= 0.6 is 34.9 Å². The molecule has 0 aliphatic carbocycles. The van der Waals surface area contributed by atoms with Gasteiger partial charge in [-0.25, -0.2) is 4.98 Å². The van der Waals surface area contributed by atoms with Gasteiger partial charge >= 0.3 is 0 Å². The van der Waals surface area contributed by atoms with E-state index in [1.54, 1.807) is 22.7 Å². The summed E-state index contributed by atoms with van der Waals surface area (Å²) < 4.78 is 0. The van der Waals surface area contributed by atoms with Crippen LogP contribution in [0.5, 0.6) is 0 Å². The molecule has 0 bridgehead atoms. The highest BCUT2D eigenvalue weighted by Crippen LogP contribution is 2.30. The van der Waals surface area contributed by atoms with E-state index in [9.17, 15) is 0 Å². The zero-order valence-electron chi connectivity index (χ0n) is 8.19. The van der Waals surface area contributed by atoms with Gasteiger partial charge in [0.2, 0.25) is 0 Å². The lowest BCUT2D eigenvalue weighted by atomic mass is 10.3. The van der Waals surface area contributed by atoms with Crippen LogP contribution in [0.4, 0.5) is 0 Å². The largest absolute Gasteiger partial charge is 0.393 e. The highest BCUT2D eigenvalue weighted by atomic mass is 32.1. The molecule has 0 aliphatic rings. The average molecular weight is 254 g/mol. The lowest BCUT2D eigenvalue weighted by molar-refractivity contribution is 1.23. The van der Waals surface area contributed by atoms with Gasteiger partial charge in [0.1, 0.15) is 5.01 Å². The average Bonchev–Trinajstić information content (AvgIpc) is 2.72. The molecule has 0 amide bonds. The Hall–Kier alpha value is -0.780. The summed E-state index contributed by atoms with van der Waals surface area (Å²) >= 11 is 8.25. The molecule has 5 heteroatoms. The lowest BCUT2D eigenvalue weighted by Crippen LogP contribution is -2.10. The maximum atomic E-state index is 5.50. The van der Waals surface area contributed by atoms with Crippen LogP contribution < -0.4 is 5.73 Å². The molecule has 2 rings (SSSR count). The predicted molar refractivity (Wildman–Crippen MR) is 70.7 cm³/mol. The van der Waals surface area contributed by atoms with E-state index in [2.05, 4.69) is 23.4 Å². The first-order chi connectivity index (χ1) is 7.16. The molecule has 2 nitrogen and oxygen atoms in total. The molecule has 2 N–H and O–H groups in total. The first kappa shape index (κ1) is 10.7. The van der Waals surface area contributed by atoms with Crippen molar-refractivity contribution in [2.24, 2.45) is 5.73 Å². The third-order valence-corrected chi connectivity index (χ3v) is 3.91. The Bertz CT molecular complexity index is 471. The van der Waals surface area contributed by atoms with Crippen LogP contribution in [0.2, 0.25) is 0 Å². The molecular formula is C10H10N2S3. The van der Waals surface area contributed by atoms with Gasteiger partial charge in [-0.15, -0.1) is 22.7 Å². The Morgan fingerprint density at radius 1 is 1.60 bits per heavy atom. The van der Waals surface area contributed by atoms with E-state index >= 15 is 0 Å². The van der Waals surface area contributed by atoms with Crippen molar-refractivity contribution in [1.29, 1.82) is 0 Å². The molecule has 2 heterocycles. The van der Waals surface area contributed by atoms with Crippen LogP contribution in [-0.4, -0.2) is 9.97 Å². The Kier molecular flexibility index (Phi) is 3.14. The van der Waals surface area contributed by atoms with Crippen molar-refractivity contribution in [3.8, 4) is 10.6 Å². The second kappa shape index (κ2) is 4.38. The summed E-state index contributed by atoms with van der Waals surface area (Å²) in [6.45, 7) is 2.08. The Morgan fingerprint density at radius 3 is 3.00 bits per heavy atom. The molecule has 0 aliphatic heterocycles. The van der Waals surface area contributed by atoms with Crippen molar-refractivity contribution in [1.82, 2.24) is 4.98 Å². The molecule has 0 unspecified atom stereocenters. The van der Waals surface area contributed by atoms with E-state index in [4.69, 9.17) is 18.0 Å².